The van der Waals surface area contributed by atoms with Crippen LogP contribution in [0.3, 0.4) is 0 Å². The lowest BCUT2D eigenvalue weighted by Crippen LogP contribution is -2.01. The zero-order valence-corrected chi connectivity index (χ0v) is 9.04. The Kier molecular flexibility index (Phi) is 2.86. The lowest BCUT2D eigenvalue weighted by molar-refractivity contribution is 0.509. The molecule has 4 nitrogen and oxygen atoms in total. The largest absolute Gasteiger partial charge is 0.384 e. The number of nitrogens with zero attached hydrogens (tertiary/aromatic N) is 2. The molecule has 0 bridgehead atoms. The van der Waals surface area contributed by atoms with Gasteiger partial charge >= 0.3 is 0 Å². The number of nitrogens with one attached hydrogen (secondary N) is 1. The highest BCUT2D eigenvalue weighted by molar-refractivity contribution is 5.58. The van der Waals surface area contributed by atoms with E-state index in [0.29, 0.717) is 23.1 Å². The van der Waals surface area contributed by atoms with E-state index < -0.39 is 11.6 Å². The zero-order valence-electron chi connectivity index (χ0n) is 9.04. The molecule has 1 aromatic heterocycles. The molecule has 1 aromatic carbocycles. The summed E-state index contributed by atoms with van der Waals surface area (Å²) in [6.45, 7) is 1.69. The van der Waals surface area contributed by atoms with E-state index in [9.17, 15) is 8.78 Å². The SMILES string of the molecule is Cc1nc(N)cc(Nc2ccc(F)c(F)c2)n1. The Morgan fingerprint density at radius 3 is 2.53 bits per heavy atom. The van der Waals surface area contributed by atoms with Crippen molar-refractivity contribution in [1.29, 1.82) is 0 Å². The van der Waals surface area contributed by atoms with Gasteiger partial charge in [0, 0.05) is 17.8 Å². The van der Waals surface area contributed by atoms with E-state index in [2.05, 4.69) is 15.3 Å². The Bertz CT molecular complexity index is 537. The second-order valence-electron chi connectivity index (χ2n) is 3.48. The monoisotopic (exact) mass is 236 g/mol. The second kappa shape index (κ2) is 4.32. The number of nitrogens with two attached hydrogens (primary N) is 1. The molecule has 0 atom stereocenters. The van der Waals surface area contributed by atoms with Gasteiger partial charge in [0.05, 0.1) is 0 Å². The summed E-state index contributed by atoms with van der Waals surface area (Å²) in [5, 5.41) is 2.82. The fourth-order valence-electron chi connectivity index (χ4n) is 1.38. The summed E-state index contributed by atoms with van der Waals surface area (Å²) in [5.41, 5.74) is 5.93. The fourth-order valence-corrected chi connectivity index (χ4v) is 1.38. The molecule has 0 amide bonds. The van der Waals surface area contributed by atoms with Crippen LogP contribution in [-0.2, 0) is 0 Å². The molecule has 1 heterocycles. The lowest BCUT2D eigenvalue weighted by Gasteiger charge is -2.07. The summed E-state index contributed by atoms with van der Waals surface area (Å²) in [7, 11) is 0. The quantitative estimate of drug-likeness (QED) is 0.840. The Labute approximate surface area is 96.5 Å². The number of nitrogen functional groups attached to an aromatic ring is 1. The molecule has 0 saturated carbocycles. The van der Waals surface area contributed by atoms with Crippen molar-refractivity contribution in [3.05, 3.63) is 41.7 Å². The molecular weight excluding hydrogens is 226 g/mol. The first-order valence-electron chi connectivity index (χ1n) is 4.88. The van der Waals surface area contributed by atoms with Crippen LogP contribution in [0.5, 0.6) is 0 Å². The van der Waals surface area contributed by atoms with Crippen molar-refractivity contribution >= 4 is 17.3 Å². The van der Waals surface area contributed by atoms with E-state index in [-0.39, 0.29) is 0 Å². The lowest BCUT2D eigenvalue weighted by atomic mass is 10.3. The van der Waals surface area contributed by atoms with E-state index in [1.807, 2.05) is 0 Å². The van der Waals surface area contributed by atoms with Crippen molar-refractivity contribution in [3.8, 4) is 0 Å². The minimum atomic E-state index is -0.922. The molecule has 0 unspecified atom stereocenters. The number of halogens is 2. The van der Waals surface area contributed by atoms with Crippen molar-refractivity contribution < 1.29 is 8.78 Å². The molecule has 0 aliphatic heterocycles. The highest BCUT2D eigenvalue weighted by Gasteiger charge is 2.04. The van der Waals surface area contributed by atoms with Crippen LogP contribution in [0.4, 0.5) is 26.1 Å². The number of rotatable bonds is 2. The highest BCUT2D eigenvalue weighted by Crippen LogP contribution is 2.18. The van der Waals surface area contributed by atoms with Crippen LogP contribution in [0, 0.1) is 18.6 Å². The van der Waals surface area contributed by atoms with Crippen molar-refractivity contribution in [2.75, 3.05) is 11.1 Å². The van der Waals surface area contributed by atoms with Gasteiger partial charge in [-0.15, -0.1) is 0 Å². The molecule has 17 heavy (non-hydrogen) atoms. The van der Waals surface area contributed by atoms with Gasteiger partial charge in [-0.2, -0.15) is 0 Å². The van der Waals surface area contributed by atoms with Gasteiger partial charge < -0.3 is 11.1 Å². The molecule has 0 aliphatic carbocycles. The first kappa shape index (κ1) is 11.3. The van der Waals surface area contributed by atoms with Crippen molar-refractivity contribution in [2.24, 2.45) is 0 Å². The van der Waals surface area contributed by atoms with Gasteiger partial charge in [0.1, 0.15) is 17.5 Å². The number of aromatic nitrogens is 2. The van der Waals surface area contributed by atoms with Crippen LogP contribution in [-0.4, -0.2) is 9.97 Å². The molecule has 0 spiro atoms. The van der Waals surface area contributed by atoms with Crippen molar-refractivity contribution in [2.45, 2.75) is 6.92 Å². The Balaban J connectivity index is 2.28. The number of anilines is 3. The van der Waals surface area contributed by atoms with Crippen LogP contribution in [0.1, 0.15) is 5.82 Å². The first-order chi connectivity index (χ1) is 8.04. The predicted octanol–water partition coefficient (Wildman–Crippen LogP) is 2.39. The van der Waals surface area contributed by atoms with E-state index in [1.54, 1.807) is 6.92 Å². The number of hydrogen-bond donors (Lipinski definition) is 2. The molecule has 0 saturated heterocycles. The minimum absolute atomic E-state index is 0.308. The third kappa shape index (κ3) is 2.66. The molecule has 3 N–H and O–H groups in total. The van der Waals surface area contributed by atoms with Gasteiger partial charge in [0.2, 0.25) is 0 Å². The van der Waals surface area contributed by atoms with Gasteiger partial charge in [-0.1, -0.05) is 0 Å². The fraction of sp³-hybridized carbons (Fsp3) is 0.0909. The van der Waals surface area contributed by atoms with Gasteiger partial charge in [0.15, 0.2) is 11.6 Å². The molecule has 88 valence electrons. The number of benzene rings is 1. The Morgan fingerprint density at radius 1 is 1.12 bits per heavy atom. The molecule has 0 fully saturated rings. The van der Waals surface area contributed by atoms with E-state index in [0.717, 1.165) is 12.1 Å². The molecule has 0 radical (unpaired) electrons. The maximum Gasteiger partial charge on any atom is 0.160 e. The smallest absolute Gasteiger partial charge is 0.160 e. The van der Waals surface area contributed by atoms with E-state index in [1.165, 1.54) is 12.1 Å². The average Bonchev–Trinajstić information content (AvgIpc) is 2.22. The van der Waals surface area contributed by atoms with Crippen molar-refractivity contribution in [3.63, 3.8) is 0 Å². The summed E-state index contributed by atoms with van der Waals surface area (Å²) in [6, 6.07) is 5.00. The Morgan fingerprint density at radius 2 is 1.88 bits per heavy atom. The zero-order chi connectivity index (χ0) is 12.4. The van der Waals surface area contributed by atoms with Crippen molar-refractivity contribution in [1.82, 2.24) is 9.97 Å². The van der Waals surface area contributed by atoms with Crippen LogP contribution >= 0.6 is 0 Å². The van der Waals surface area contributed by atoms with Crippen LogP contribution in [0.25, 0.3) is 0 Å². The maximum atomic E-state index is 13.0. The normalized spacial score (nSPS) is 10.3. The van der Waals surface area contributed by atoms with Gasteiger partial charge in [-0.05, 0) is 19.1 Å². The van der Waals surface area contributed by atoms with Gasteiger partial charge in [-0.3, -0.25) is 0 Å². The van der Waals surface area contributed by atoms with E-state index >= 15 is 0 Å². The third-order valence-corrected chi connectivity index (χ3v) is 2.05. The summed E-state index contributed by atoms with van der Waals surface area (Å²) in [5.74, 6) is -0.582. The molecule has 6 heteroatoms. The first-order valence-corrected chi connectivity index (χ1v) is 4.88. The summed E-state index contributed by atoms with van der Waals surface area (Å²) < 4.78 is 25.7. The topological polar surface area (TPSA) is 63.8 Å². The average molecular weight is 236 g/mol. The van der Waals surface area contributed by atoms with Crippen LogP contribution in [0.15, 0.2) is 24.3 Å². The second-order valence-corrected chi connectivity index (χ2v) is 3.48. The Hall–Kier alpha value is -2.24. The van der Waals surface area contributed by atoms with Crippen LogP contribution < -0.4 is 11.1 Å². The highest BCUT2D eigenvalue weighted by atomic mass is 19.2. The van der Waals surface area contributed by atoms with Gasteiger partial charge in [-0.25, -0.2) is 18.7 Å². The van der Waals surface area contributed by atoms with Crippen LogP contribution in [0.2, 0.25) is 0 Å². The summed E-state index contributed by atoms with van der Waals surface area (Å²) in [4.78, 5) is 7.96. The van der Waals surface area contributed by atoms with E-state index in [4.69, 9.17) is 5.73 Å². The molecule has 0 aliphatic rings. The number of hydrogen-bond acceptors (Lipinski definition) is 4. The minimum Gasteiger partial charge on any atom is -0.384 e. The molecular formula is C11H10F2N4. The summed E-state index contributed by atoms with van der Waals surface area (Å²) >= 11 is 0. The summed E-state index contributed by atoms with van der Waals surface area (Å²) in [6.07, 6.45) is 0. The third-order valence-electron chi connectivity index (χ3n) is 2.05. The standard InChI is InChI=1S/C11H10F2N4/c1-6-15-10(14)5-11(16-6)17-7-2-3-8(12)9(13)4-7/h2-5H,1H3,(H3,14,15,16,17). The molecule has 2 aromatic rings. The maximum absolute atomic E-state index is 13.0. The molecule has 2 rings (SSSR count). The van der Waals surface area contributed by atoms with Gasteiger partial charge in [0.25, 0.3) is 0 Å². The predicted molar refractivity (Wildman–Crippen MR) is 60.8 cm³/mol. The number of aryl methyl sites for hydroxylation is 1.